The number of hydrogen-bond donors (Lipinski definition) is 2. The molecule has 3 aromatic rings. The first kappa shape index (κ1) is 17.3. The summed E-state index contributed by atoms with van der Waals surface area (Å²) < 4.78 is 5.91. The van der Waals surface area contributed by atoms with Crippen LogP contribution < -0.4 is 15.8 Å². The number of pyridine rings is 2. The Balaban J connectivity index is 1.14. The number of ether oxygens (including phenoxy) is 1. The van der Waals surface area contributed by atoms with Crippen molar-refractivity contribution in [3.63, 3.8) is 0 Å². The van der Waals surface area contributed by atoms with E-state index in [9.17, 15) is 0 Å². The number of nitrogens with zero attached hydrogens (tertiary/aromatic N) is 3. The fourth-order valence-corrected chi connectivity index (χ4v) is 4.41. The smallest absolute Gasteiger partial charge is 0.213 e. The van der Waals surface area contributed by atoms with Crippen molar-refractivity contribution in [2.75, 3.05) is 37.8 Å². The molecule has 2 aliphatic rings. The molecule has 6 heteroatoms. The van der Waals surface area contributed by atoms with Gasteiger partial charge in [0.25, 0.3) is 0 Å². The van der Waals surface area contributed by atoms with Crippen LogP contribution in [0.1, 0.15) is 5.56 Å². The van der Waals surface area contributed by atoms with E-state index in [0.717, 1.165) is 52.3 Å². The van der Waals surface area contributed by atoms with Crippen molar-refractivity contribution in [2.24, 2.45) is 17.8 Å². The number of hydrogen-bond acceptors (Lipinski definition) is 6. The number of likely N-dealkylation sites (tertiary alicyclic amines) is 1. The normalized spacial score (nSPS) is 23.5. The lowest BCUT2D eigenvalue weighted by Crippen LogP contribution is -2.21. The fourth-order valence-electron chi connectivity index (χ4n) is 4.41. The van der Waals surface area contributed by atoms with E-state index < -0.39 is 0 Å². The predicted molar refractivity (Wildman–Crippen MR) is 111 cm³/mol. The summed E-state index contributed by atoms with van der Waals surface area (Å²) in [7, 11) is 2.20. The second kappa shape index (κ2) is 6.95. The molecule has 6 nitrogen and oxygen atoms in total. The summed E-state index contributed by atoms with van der Waals surface area (Å²) in [6.07, 6.45) is 3.62. The molecule has 2 fully saturated rings. The average Bonchev–Trinajstić information content (AvgIpc) is 3.18. The zero-order valence-corrected chi connectivity index (χ0v) is 16.0. The van der Waals surface area contributed by atoms with Crippen molar-refractivity contribution in [1.82, 2.24) is 14.9 Å². The van der Waals surface area contributed by atoms with Crippen LogP contribution in [0.5, 0.6) is 5.88 Å². The van der Waals surface area contributed by atoms with Crippen LogP contribution in [0.15, 0.2) is 48.8 Å². The first-order chi connectivity index (χ1) is 13.7. The maximum absolute atomic E-state index is 5.91. The van der Waals surface area contributed by atoms with Crippen LogP contribution in [0.25, 0.3) is 10.8 Å². The molecule has 144 valence electrons. The minimum absolute atomic E-state index is 0.561. The van der Waals surface area contributed by atoms with E-state index in [1.807, 2.05) is 30.5 Å². The van der Waals surface area contributed by atoms with Crippen LogP contribution in [0, 0.1) is 17.8 Å². The van der Waals surface area contributed by atoms with E-state index in [0.29, 0.717) is 12.4 Å². The number of nitrogens with two attached hydrogens (primary N) is 1. The average molecular weight is 375 g/mol. The Labute approximate surface area is 164 Å². The Morgan fingerprint density at radius 1 is 1.14 bits per heavy atom. The molecule has 1 unspecified atom stereocenters. The number of nitrogens with one attached hydrogen (secondary N) is 1. The minimum atomic E-state index is 0.561. The highest BCUT2D eigenvalue weighted by atomic mass is 16.5. The van der Waals surface area contributed by atoms with Crippen LogP contribution in [0.2, 0.25) is 0 Å². The first-order valence-electron chi connectivity index (χ1n) is 9.82. The second-order valence-electron chi connectivity index (χ2n) is 8.01. The topological polar surface area (TPSA) is 76.3 Å². The van der Waals surface area contributed by atoms with Gasteiger partial charge < -0.3 is 20.7 Å². The van der Waals surface area contributed by atoms with E-state index in [2.05, 4.69) is 39.4 Å². The third-order valence-corrected chi connectivity index (χ3v) is 6.07. The Hall–Kier alpha value is -2.86. The lowest BCUT2D eigenvalue weighted by molar-refractivity contribution is 0.246. The third-order valence-electron chi connectivity index (χ3n) is 6.07. The molecular formula is C22H25N5O. The molecule has 28 heavy (non-hydrogen) atoms. The molecule has 1 saturated heterocycles. The van der Waals surface area contributed by atoms with Crippen molar-refractivity contribution < 1.29 is 4.74 Å². The van der Waals surface area contributed by atoms with Gasteiger partial charge in [0, 0.05) is 55.1 Å². The molecule has 1 aliphatic carbocycles. The number of piperidine rings is 1. The van der Waals surface area contributed by atoms with Crippen molar-refractivity contribution >= 4 is 22.3 Å². The lowest BCUT2D eigenvalue weighted by atomic mass is 10.1. The van der Waals surface area contributed by atoms with E-state index in [4.69, 9.17) is 10.5 Å². The van der Waals surface area contributed by atoms with Crippen LogP contribution in [-0.4, -0.2) is 41.6 Å². The van der Waals surface area contributed by atoms with Crippen molar-refractivity contribution in [2.45, 2.75) is 6.54 Å². The maximum atomic E-state index is 5.91. The predicted octanol–water partition coefficient (Wildman–Crippen LogP) is 3.01. The van der Waals surface area contributed by atoms with Gasteiger partial charge in [0.1, 0.15) is 5.82 Å². The van der Waals surface area contributed by atoms with E-state index in [-0.39, 0.29) is 0 Å². The number of rotatable bonds is 6. The van der Waals surface area contributed by atoms with Gasteiger partial charge in [-0.15, -0.1) is 0 Å². The third kappa shape index (κ3) is 3.36. The number of aromatic nitrogens is 2. The van der Waals surface area contributed by atoms with Crippen LogP contribution in [0.4, 0.5) is 11.5 Å². The van der Waals surface area contributed by atoms with Crippen LogP contribution in [0.3, 0.4) is 0 Å². The van der Waals surface area contributed by atoms with E-state index in [1.54, 1.807) is 6.20 Å². The van der Waals surface area contributed by atoms with Gasteiger partial charge in [0.05, 0.1) is 6.61 Å². The standard InChI is InChI=1S/C22H25N5O/c1-27-11-18-19(12-27)20(18)13-28-21-5-2-14(10-26-21)9-25-16-3-4-17-15(8-16)6-7-24-22(17)23/h2-8,10,18-20,25H,9,11-13H2,1H3,(H2,23,24)/t18-,19+,20?. The molecule has 1 saturated carbocycles. The molecule has 3 atom stereocenters. The highest BCUT2D eigenvalue weighted by molar-refractivity contribution is 5.92. The Bertz CT molecular complexity index is 978. The van der Waals surface area contributed by atoms with Crippen molar-refractivity contribution in [1.29, 1.82) is 0 Å². The van der Waals surface area contributed by atoms with Crippen LogP contribution >= 0.6 is 0 Å². The van der Waals surface area contributed by atoms with Crippen molar-refractivity contribution in [3.05, 3.63) is 54.4 Å². The molecule has 2 aromatic heterocycles. The quantitative estimate of drug-likeness (QED) is 0.690. The second-order valence-corrected chi connectivity index (χ2v) is 8.01. The number of fused-ring (bicyclic) bond motifs is 2. The minimum Gasteiger partial charge on any atom is -0.477 e. The maximum Gasteiger partial charge on any atom is 0.213 e. The number of anilines is 2. The van der Waals surface area contributed by atoms with Gasteiger partial charge in [-0.3, -0.25) is 0 Å². The molecule has 3 N–H and O–H groups in total. The molecule has 0 bridgehead atoms. The Morgan fingerprint density at radius 3 is 2.79 bits per heavy atom. The highest BCUT2D eigenvalue weighted by Gasteiger charge is 2.54. The summed E-state index contributed by atoms with van der Waals surface area (Å²) in [6, 6.07) is 12.1. The molecule has 0 radical (unpaired) electrons. The first-order valence-corrected chi connectivity index (χ1v) is 9.82. The van der Waals surface area contributed by atoms with Gasteiger partial charge in [0.15, 0.2) is 0 Å². The van der Waals surface area contributed by atoms with E-state index >= 15 is 0 Å². The molecular weight excluding hydrogens is 350 g/mol. The summed E-state index contributed by atoms with van der Waals surface area (Å²) in [4.78, 5) is 11.0. The molecule has 0 spiro atoms. The molecule has 1 aromatic carbocycles. The summed E-state index contributed by atoms with van der Waals surface area (Å²) in [5.74, 6) is 3.67. The number of nitrogen functional groups attached to an aromatic ring is 1. The Morgan fingerprint density at radius 2 is 2.00 bits per heavy atom. The summed E-state index contributed by atoms with van der Waals surface area (Å²) in [6.45, 7) is 3.94. The molecule has 3 heterocycles. The zero-order valence-electron chi connectivity index (χ0n) is 16.0. The fraction of sp³-hybridized carbons (Fsp3) is 0.364. The molecule has 5 rings (SSSR count). The highest BCUT2D eigenvalue weighted by Crippen LogP contribution is 2.51. The monoisotopic (exact) mass is 375 g/mol. The van der Waals surface area contributed by atoms with Crippen molar-refractivity contribution in [3.8, 4) is 5.88 Å². The largest absolute Gasteiger partial charge is 0.477 e. The summed E-state index contributed by atoms with van der Waals surface area (Å²) >= 11 is 0. The van der Waals surface area contributed by atoms with Gasteiger partial charge in [0.2, 0.25) is 5.88 Å². The molecule has 1 aliphatic heterocycles. The summed E-state index contributed by atoms with van der Waals surface area (Å²) in [5, 5.41) is 5.49. The lowest BCUT2D eigenvalue weighted by Gasteiger charge is -2.13. The van der Waals surface area contributed by atoms with Crippen LogP contribution in [-0.2, 0) is 6.54 Å². The van der Waals surface area contributed by atoms with Gasteiger partial charge >= 0.3 is 0 Å². The summed E-state index contributed by atoms with van der Waals surface area (Å²) in [5.41, 5.74) is 8.07. The van der Waals surface area contributed by atoms with Gasteiger partial charge in [-0.25, -0.2) is 9.97 Å². The molecule has 0 amide bonds. The number of benzene rings is 1. The van der Waals surface area contributed by atoms with Gasteiger partial charge in [-0.1, -0.05) is 6.07 Å². The van der Waals surface area contributed by atoms with Gasteiger partial charge in [-0.05, 0) is 54.1 Å². The SMILES string of the molecule is CN1C[C@@H]2C(COc3ccc(CNc4ccc5c(N)nccc5c4)cn3)[C@@H]2C1. The van der Waals surface area contributed by atoms with Gasteiger partial charge in [-0.2, -0.15) is 0 Å². The Kier molecular flexibility index (Phi) is 4.28. The zero-order chi connectivity index (χ0) is 19.1. The van der Waals surface area contributed by atoms with E-state index in [1.165, 1.54) is 13.1 Å².